The molecule has 3 nitrogen and oxygen atoms in total. The van der Waals surface area contributed by atoms with Crippen LogP contribution in [0.15, 0.2) is 28.7 Å². The SMILES string of the molecule is Cc1cccc2cc(C(O)C(C)(C)N(C)C)oc12. The van der Waals surface area contributed by atoms with E-state index in [2.05, 4.69) is 0 Å². The Morgan fingerprint density at radius 3 is 2.50 bits per heavy atom. The van der Waals surface area contributed by atoms with Crippen LogP contribution in [0.5, 0.6) is 0 Å². The number of hydrogen-bond donors (Lipinski definition) is 1. The number of furan rings is 1. The zero-order valence-corrected chi connectivity index (χ0v) is 11.7. The molecule has 0 saturated heterocycles. The molecule has 1 aromatic heterocycles. The zero-order chi connectivity index (χ0) is 13.5. The summed E-state index contributed by atoms with van der Waals surface area (Å²) in [5.41, 5.74) is 1.58. The summed E-state index contributed by atoms with van der Waals surface area (Å²) in [4.78, 5) is 2.00. The second-order valence-electron chi connectivity index (χ2n) is 5.59. The standard InChI is InChI=1S/C15H21NO2/c1-10-7-6-8-11-9-12(18-13(10)11)14(17)15(2,3)16(4)5/h6-9,14,17H,1-5H3. The molecular formula is C15H21NO2. The Labute approximate surface area is 108 Å². The quantitative estimate of drug-likeness (QED) is 0.905. The van der Waals surface area contributed by atoms with E-state index >= 15 is 0 Å². The maximum absolute atomic E-state index is 10.5. The van der Waals surface area contributed by atoms with Gasteiger partial charge in [0.25, 0.3) is 0 Å². The van der Waals surface area contributed by atoms with Crippen molar-refractivity contribution in [1.29, 1.82) is 0 Å². The summed E-state index contributed by atoms with van der Waals surface area (Å²) in [5.74, 6) is 0.623. The van der Waals surface area contributed by atoms with E-state index in [1.807, 2.05) is 64.0 Å². The van der Waals surface area contributed by atoms with Gasteiger partial charge in [-0.2, -0.15) is 0 Å². The number of rotatable bonds is 3. The van der Waals surface area contributed by atoms with Gasteiger partial charge in [-0.3, -0.25) is 0 Å². The van der Waals surface area contributed by atoms with E-state index in [0.717, 1.165) is 16.5 Å². The predicted molar refractivity (Wildman–Crippen MR) is 73.7 cm³/mol. The topological polar surface area (TPSA) is 36.6 Å². The number of hydrogen-bond acceptors (Lipinski definition) is 3. The number of fused-ring (bicyclic) bond motifs is 1. The second kappa shape index (κ2) is 4.41. The smallest absolute Gasteiger partial charge is 0.137 e. The summed E-state index contributed by atoms with van der Waals surface area (Å²) >= 11 is 0. The van der Waals surface area contributed by atoms with Gasteiger partial charge in [0.1, 0.15) is 17.4 Å². The Bertz CT molecular complexity index is 555. The van der Waals surface area contributed by atoms with Crippen molar-refractivity contribution in [2.75, 3.05) is 14.1 Å². The van der Waals surface area contributed by atoms with Gasteiger partial charge in [-0.1, -0.05) is 18.2 Å². The number of aliphatic hydroxyl groups is 1. The van der Waals surface area contributed by atoms with Gasteiger partial charge in [0, 0.05) is 10.9 Å². The van der Waals surface area contributed by atoms with Crippen molar-refractivity contribution in [3.8, 4) is 0 Å². The van der Waals surface area contributed by atoms with Gasteiger partial charge in [0.2, 0.25) is 0 Å². The Hall–Kier alpha value is -1.32. The molecule has 1 unspecified atom stereocenters. The molecule has 0 radical (unpaired) electrons. The van der Waals surface area contributed by atoms with Crippen LogP contribution < -0.4 is 0 Å². The molecule has 0 fully saturated rings. The second-order valence-corrected chi connectivity index (χ2v) is 5.59. The van der Waals surface area contributed by atoms with Gasteiger partial charge in [0.05, 0.1) is 0 Å². The molecule has 18 heavy (non-hydrogen) atoms. The first-order valence-corrected chi connectivity index (χ1v) is 6.18. The van der Waals surface area contributed by atoms with Crippen LogP contribution >= 0.6 is 0 Å². The van der Waals surface area contributed by atoms with Crippen LogP contribution in [-0.4, -0.2) is 29.6 Å². The molecule has 0 spiro atoms. The molecule has 0 saturated carbocycles. The lowest BCUT2D eigenvalue weighted by Crippen LogP contribution is -2.43. The molecule has 98 valence electrons. The van der Waals surface area contributed by atoms with Crippen molar-refractivity contribution in [1.82, 2.24) is 4.90 Å². The molecule has 2 aromatic rings. The van der Waals surface area contributed by atoms with Crippen molar-refractivity contribution in [2.45, 2.75) is 32.4 Å². The molecule has 0 aliphatic rings. The fourth-order valence-electron chi connectivity index (χ4n) is 1.96. The maximum atomic E-state index is 10.5. The Kier molecular flexibility index (Phi) is 3.21. The number of nitrogens with zero attached hydrogens (tertiary/aromatic N) is 1. The third kappa shape index (κ3) is 2.04. The van der Waals surface area contributed by atoms with E-state index in [1.165, 1.54) is 0 Å². The summed E-state index contributed by atoms with van der Waals surface area (Å²) in [5, 5.41) is 11.5. The summed E-state index contributed by atoms with van der Waals surface area (Å²) in [6.45, 7) is 6.01. The number of likely N-dealkylation sites (N-methyl/N-ethyl adjacent to an activating group) is 1. The first-order chi connectivity index (χ1) is 8.34. The van der Waals surface area contributed by atoms with Crippen LogP contribution in [0, 0.1) is 6.92 Å². The van der Waals surface area contributed by atoms with E-state index in [4.69, 9.17) is 4.42 Å². The van der Waals surface area contributed by atoms with Crippen LogP contribution in [-0.2, 0) is 0 Å². The molecular weight excluding hydrogens is 226 g/mol. The van der Waals surface area contributed by atoms with Gasteiger partial charge < -0.3 is 14.4 Å². The molecule has 0 amide bonds. The monoisotopic (exact) mass is 247 g/mol. The van der Waals surface area contributed by atoms with E-state index in [1.54, 1.807) is 0 Å². The van der Waals surface area contributed by atoms with Crippen LogP contribution in [0.25, 0.3) is 11.0 Å². The Morgan fingerprint density at radius 1 is 1.28 bits per heavy atom. The maximum Gasteiger partial charge on any atom is 0.137 e. The van der Waals surface area contributed by atoms with Gasteiger partial charge in [-0.05, 0) is 46.5 Å². The Morgan fingerprint density at radius 2 is 1.94 bits per heavy atom. The highest BCUT2D eigenvalue weighted by atomic mass is 16.4. The lowest BCUT2D eigenvalue weighted by molar-refractivity contribution is 0.00361. The summed E-state index contributed by atoms with van der Waals surface area (Å²) in [6, 6.07) is 7.95. The van der Waals surface area contributed by atoms with Gasteiger partial charge in [-0.15, -0.1) is 0 Å². The van der Waals surface area contributed by atoms with Gasteiger partial charge >= 0.3 is 0 Å². The van der Waals surface area contributed by atoms with E-state index in [0.29, 0.717) is 5.76 Å². The summed E-state index contributed by atoms with van der Waals surface area (Å²) in [7, 11) is 3.91. The zero-order valence-electron chi connectivity index (χ0n) is 11.7. The molecule has 1 aromatic carbocycles. The first-order valence-electron chi connectivity index (χ1n) is 6.18. The molecule has 1 N–H and O–H groups in total. The van der Waals surface area contributed by atoms with Crippen molar-refractivity contribution in [2.24, 2.45) is 0 Å². The van der Waals surface area contributed by atoms with Gasteiger partial charge in [0.15, 0.2) is 0 Å². The largest absolute Gasteiger partial charge is 0.458 e. The van der Waals surface area contributed by atoms with Gasteiger partial charge in [-0.25, -0.2) is 0 Å². The first kappa shape index (κ1) is 13.1. The number of para-hydroxylation sites is 1. The van der Waals surface area contributed by atoms with Crippen LogP contribution in [0.1, 0.15) is 31.3 Å². The minimum Gasteiger partial charge on any atom is -0.458 e. The third-order valence-electron chi connectivity index (χ3n) is 3.85. The normalized spacial score (nSPS) is 14.4. The highest BCUT2D eigenvalue weighted by Gasteiger charge is 2.33. The molecule has 1 atom stereocenters. The van der Waals surface area contributed by atoms with Crippen molar-refractivity contribution in [3.63, 3.8) is 0 Å². The predicted octanol–water partition coefficient (Wildman–Crippen LogP) is 3.11. The minimum atomic E-state index is -0.653. The molecule has 0 aliphatic heterocycles. The number of aryl methyl sites for hydroxylation is 1. The average Bonchev–Trinajstić information content (AvgIpc) is 2.73. The van der Waals surface area contributed by atoms with Crippen molar-refractivity contribution < 1.29 is 9.52 Å². The number of aliphatic hydroxyl groups excluding tert-OH is 1. The van der Waals surface area contributed by atoms with Crippen LogP contribution in [0.4, 0.5) is 0 Å². The molecule has 0 bridgehead atoms. The van der Waals surface area contributed by atoms with Crippen LogP contribution in [0.2, 0.25) is 0 Å². The lowest BCUT2D eigenvalue weighted by Gasteiger charge is -2.35. The molecule has 1 heterocycles. The molecule has 2 rings (SSSR count). The average molecular weight is 247 g/mol. The van der Waals surface area contributed by atoms with Crippen molar-refractivity contribution in [3.05, 3.63) is 35.6 Å². The van der Waals surface area contributed by atoms with Crippen LogP contribution in [0.3, 0.4) is 0 Å². The Balaban J connectivity index is 2.46. The highest BCUT2D eigenvalue weighted by Crippen LogP contribution is 2.33. The molecule has 3 heteroatoms. The summed E-state index contributed by atoms with van der Waals surface area (Å²) in [6.07, 6.45) is -0.653. The van der Waals surface area contributed by atoms with E-state index in [9.17, 15) is 5.11 Å². The van der Waals surface area contributed by atoms with E-state index < -0.39 is 6.10 Å². The van der Waals surface area contributed by atoms with E-state index in [-0.39, 0.29) is 5.54 Å². The minimum absolute atomic E-state index is 0.373. The summed E-state index contributed by atoms with van der Waals surface area (Å²) < 4.78 is 5.82. The fraction of sp³-hybridized carbons (Fsp3) is 0.467. The third-order valence-corrected chi connectivity index (χ3v) is 3.85. The number of benzene rings is 1. The fourth-order valence-corrected chi connectivity index (χ4v) is 1.96. The molecule has 0 aliphatic carbocycles. The van der Waals surface area contributed by atoms with Crippen molar-refractivity contribution >= 4 is 11.0 Å². The highest BCUT2D eigenvalue weighted by molar-refractivity contribution is 5.81. The lowest BCUT2D eigenvalue weighted by atomic mass is 9.94.